The van der Waals surface area contributed by atoms with Crippen LogP contribution in [0.25, 0.3) is 0 Å². The van der Waals surface area contributed by atoms with Crippen molar-refractivity contribution in [2.75, 3.05) is 11.1 Å². The van der Waals surface area contributed by atoms with Crippen molar-refractivity contribution >= 4 is 57.5 Å². The first-order valence-electron chi connectivity index (χ1n) is 7.31. The maximum Gasteiger partial charge on any atom is 0.239 e. The minimum atomic E-state index is -0.174. The molecule has 0 bridgehead atoms. The van der Waals surface area contributed by atoms with Crippen molar-refractivity contribution < 1.29 is 4.79 Å². The van der Waals surface area contributed by atoms with Crippen LogP contribution in [-0.2, 0) is 4.79 Å². The molecule has 0 aliphatic rings. The summed E-state index contributed by atoms with van der Waals surface area (Å²) >= 11 is 10.5. The molecule has 1 amide bonds. The number of carbonyl (C=O) groups is 1. The summed E-state index contributed by atoms with van der Waals surface area (Å²) in [6.07, 6.45) is 1.82. The fraction of sp³-hybridized carbons (Fsp3) is 0.400. The third-order valence-electron chi connectivity index (χ3n) is 2.82. The monoisotopic (exact) mass is 387 g/mol. The second kappa shape index (κ2) is 9.52. The molecule has 0 spiro atoms. The molecule has 0 saturated heterocycles. The predicted molar refractivity (Wildman–Crippen MR) is 101 cm³/mol. The number of hydrogen-bond donors (Lipinski definition) is 1. The summed E-state index contributed by atoms with van der Waals surface area (Å²) in [6, 6.07) is 7.51. The van der Waals surface area contributed by atoms with E-state index in [4.69, 9.17) is 11.6 Å². The van der Waals surface area contributed by atoms with Crippen LogP contribution in [0.1, 0.15) is 26.7 Å². The molecule has 4 nitrogen and oxygen atoms in total. The molecule has 124 valence electrons. The first kappa shape index (κ1) is 18.6. The Kier molecular flexibility index (Phi) is 7.69. The van der Waals surface area contributed by atoms with E-state index < -0.39 is 0 Å². The van der Waals surface area contributed by atoms with Gasteiger partial charge < -0.3 is 0 Å². The van der Waals surface area contributed by atoms with Gasteiger partial charge in [0.05, 0.1) is 5.25 Å². The molecule has 0 aliphatic heterocycles. The van der Waals surface area contributed by atoms with E-state index in [1.165, 1.54) is 23.1 Å². The lowest BCUT2D eigenvalue weighted by Crippen LogP contribution is -2.24. The molecule has 1 atom stereocenters. The zero-order valence-corrected chi connectivity index (χ0v) is 16.1. The standard InChI is InChI=1S/C15H18ClN3OS3/c1-3-9-21-15-19-18-14(23-15)17-13(20)12(4-2)22-11-7-5-10(16)6-8-11/h5-8,12H,3-4,9H2,1-2H3,(H,17,18,20)/t12-/m1/s1. The van der Waals surface area contributed by atoms with Crippen LogP contribution < -0.4 is 5.32 Å². The maximum atomic E-state index is 12.4. The Morgan fingerprint density at radius 3 is 2.70 bits per heavy atom. The molecular weight excluding hydrogens is 370 g/mol. The van der Waals surface area contributed by atoms with Gasteiger partial charge in [-0.3, -0.25) is 10.1 Å². The quantitative estimate of drug-likeness (QED) is 0.498. The van der Waals surface area contributed by atoms with Crippen LogP contribution >= 0.6 is 46.5 Å². The van der Waals surface area contributed by atoms with Crippen LogP contribution in [0.15, 0.2) is 33.5 Å². The molecule has 0 fully saturated rings. The number of carbonyl (C=O) groups excluding carboxylic acids is 1. The number of nitrogens with zero attached hydrogens (tertiary/aromatic N) is 2. The molecule has 1 N–H and O–H groups in total. The molecule has 0 radical (unpaired) electrons. The minimum absolute atomic E-state index is 0.0457. The number of thioether (sulfide) groups is 2. The average Bonchev–Trinajstić information content (AvgIpc) is 2.99. The lowest BCUT2D eigenvalue weighted by molar-refractivity contribution is -0.115. The maximum absolute atomic E-state index is 12.4. The highest BCUT2D eigenvalue weighted by Crippen LogP contribution is 2.29. The van der Waals surface area contributed by atoms with E-state index in [2.05, 4.69) is 22.4 Å². The molecule has 1 aromatic carbocycles. The van der Waals surface area contributed by atoms with Crippen LogP contribution in [0.5, 0.6) is 0 Å². The number of aromatic nitrogens is 2. The van der Waals surface area contributed by atoms with E-state index >= 15 is 0 Å². The van der Waals surface area contributed by atoms with Crippen LogP contribution in [0, 0.1) is 0 Å². The zero-order valence-electron chi connectivity index (χ0n) is 12.9. The Hall–Kier alpha value is -0.760. The number of rotatable bonds is 8. The Labute approximate surface area is 153 Å². The molecule has 1 heterocycles. The zero-order chi connectivity index (χ0) is 16.7. The largest absolute Gasteiger partial charge is 0.300 e. The van der Waals surface area contributed by atoms with Gasteiger partial charge in [0, 0.05) is 15.7 Å². The van der Waals surface area contributed by atoms with Crippen LogP contribution in [0.2, 0.25) is 5.02 Å². The SMILES string of the molecule is CCCSc1nnc(NC(=O)[C@@H](CC)Sc2ccc(Cl)cc2)s1. The lowest BCUT2D eigenvalue weighted by Gasteiger charge is -2.13. The van der Waals surface area contributed by atoms with Gasteiger partial charge in [-0.25, -0.2) is 0 Å². The van der Waals surface area contributed by atoms with Gasteiger partial charge in [-0.05, 0) is 37.1 Å². The lowest BCUT2D eigenvalue weighted by atomic mass is 10.3. The van der Waals surface area contributed by atoms with Crippen LogP contribution in [0.3, 0.4) is 0 Å². The molecule has 0 saturated carbocycles. The van der Waals surface area contributed by atoms with E-state index in [1.807, 2.05) is 31.2 Å². The van der Waals surface area contributed by atoms with Crippen molar-refractivity contribution in [3.8, 4) is 0 Å². The minimum Gasteiger partial charge on any atom is -0.300 e. The van der Waals surface area contributed by atoms with Crippen molar-refractivity contribution in [2.45, 2.75) is 41.2 Å². The predicted octanol–water partition coefficient (Wildman–Crippen LogP) is 5.20. The van der Waals surface area contributed by atoms with Gasteiger partial charge in [-0.15, -0.1) is 22.0 Å². The number of halogens is 1. The first-order valence-corrected chi connectivity index (χ1v) is 10.4. The molecule has 2 aromatic rings. The summed E-state index contributed by atoms with van der Waals surface area (Å²) in [5.41, 5.74) is 0. The third-order valence-corrected chi connectivity index (χ3v) is 6.63. The Bertz CT molecular complexity index is 633. The Morgan fingerprint density at radius 1 is 1.30 bits per heavy atom. The van der Waals surface area contributed by atoms with Gasteiger partial charge in [0.1, 0.15) is 0 Å². The summed E-state index contributed by atoms with van der Waals surface area (Å²) in [6.45, 7) is 4.12. The van der Waals surface area contributed by atoms with Gasteiger partial charge in [0.2, 0.25) is 11.0 Å². The highest BCUT2D eigenvalue weighted by Gasteiger charge is 2.19. The Balaban J connectivity index is 1.94. The van der Waals surface area contributed by atoms with Crippen LogP contribution in [0.4, 0.5) is 5.13 Å². The molecule has 8 heteroatoms. The van der Waals surface area contributed by atoms with E-state index in [1.54, 1.807) is 11.8 Å². The summed E-state index contributed by atoms with van der Waals surface area (Å²) in [4.78, 5) is 13.4. The molecule has 1 aromatic heterocycles. The fourth-order valence-electron chi connectivity index (χ4n) is 1.69. The Morgan fingerprint density at radius 2 is 2.04 bits per heavy atom. The number of amides is 1. The normalized spacial score (nSPS) is 12.1. The molecule has 23 heavy (non-hydrogen) atoms. The van der Waals surface area contributed by atoms with Gasteiger partial charge in [-0.1, -0.05) is 48.5 Å². The van der Waals surface area contributed by atoms with Crippen molar-refractivity contribution in [1.82, 2.24) is 10.2 Å². The smallest absolute Gasteiger partial charge is 0.239 e. The molecule has 0 aliphatic carbocycles. The van der Waals surface area contributed by atoms with Gasteiger partial charge >= 0.3 is 0 Å². The van der Waals surface area contributed by atoms with Crippen molar-refractivity contribution in [2.24, 2.45) is 0 Å². The van der Waals surface area contributed by atoms with E-state index in [9.17, 15) is 4.79 Å². The van der Waals surface area contributed by atoms with Crippen molar-refractivity contribution in [1.29, 1.82) is 0 Å². The number of nitrogens with one attached hydrogen (secondary N) is 1. The number of benzene rings is 1. The van der Waals surface area contributed by atoms with Gasteiger partial charge in [0.25, 0.3) is 0 Å². The second-order valence-corrected chi connectivity index (χ2v) is 8.71. The average molecular weight is 388 g/mol. The topological polar surface area (TPSA) is 54.9 Å². The summed E-state index contributed by atoms with van der Waals surface area (Å²) in [5.74, 6) is 0.961. The fourth-order valence-corrected chi connectivity index (χ4v) is 4.45. The number of hydrogen-bond acceptors (Lipinski definition) is 6. The van der Waals surface area contributed by atoms with Gasteiger partial charge in [-0.2, -0.15) is 0 Å². The molecule has 0 unspecified atom stereocenters. The van der Waals surface area contributed by atoms with E-state index in [0.29, 0.717) is 10.2 Å². The van der Waals surface area contributed by atoms with Gasteiger partial charge in [0.15, 0.2) is 4.34 Å². The molecular formula is C15H18ClN3OS3. The summed E-state index contributed by atoms with van der Waals surface area (Å²) in [5, 5.41) is 12.1. The van der Waals surface area contributed by atoms with E-state index in [0.717, 1.165) is 27.8 Å². The van der Waals surface area contributed by atoms with Crippen molar-refractivity contribution in [3.05, 3.63) is 29.3 Å². The third kappa shape index (κ3) is 5.99. The van der Waals surface area contributed by atoms with Crippen molar-refractivity contribution in [3.63, 3.8) is 0 Å². The highest BCUT2D eigenvalue weighted by atomic mass is 35.5. The first-order chi connectivity index (χ1) is 11.1. The highest BCUT2D eigenvalue weighted by molar-refractivity contribution is 8.01. The van der Waals surface area contributed by atoms with Crippen LogP contribution in [-0.4, -0.2) is 27.1 Å². The molecule has 2 rings (SSSR count). The second-order valence-electron chi connectivity index (χ2n) is 4.68. The summed E-state index contributed by atoms with van der Waals surface area (Å²) in [7, 11) is 0. The van der Waals surface area contributed by atoms with E-state index in [-0.39, 0.29) is 11.2 Å². The summed E-state index contributed by atoms with van der Waals surface area (Å²) < 4.78 is 0.889. The number of anilines is 1.